The monoisotopic (exact) mass is 262 g/mol. The molecule has 0 aliphatic rings. The van der Waals surface area contributed by atoms with Gasteiger partial charge in [-0.2, -0.15) is 0 Å². The van der Waals surface area contributed by atoms with Gasteiger partial charge >= 0.3 is 0 Å². The minimum absolute atomic E-state index is 0.468. The van der Waals surface area contributed by atoms with Crippen molar-refractivity contribution in [3.8, 4) is 16.3 Å². The molecule has 0 spiro atoms. The maximum absolute atomic E-state index is 5.37. The van der Waals surface area contributed by atoms with Crippen LogP contribution in [-0.2, 0) is 6.42 Å². The van der Waals surface area contributed by atoms with Crippen molar-refractivity contribution in [2.75, 3.05) is 14.2 Å². The number of benzene rings is 1. The van der Waals surface area contributed by atoms with E-state index in [0.717, 1.165) is 22.7 Å². The number of methoxy groups -OCH3 is 1. The molecule has 1 aromatic carbocycles. The summed E-state index contributed by atoms with van der Waals surface area (Å²) in [7, 11) is 3.67. The van der Waals surface area contributed by atoms with E-state index in [2.05, 4.69) is 17.2 Å². The smallest absolute Gasteiger partial charge is 0.129 e. The van der Waals surface area contributed by atoms with Gasteiger partial charge in [-0.3, -0.25) is 0 Å². The number of ether oxygens (including phenoxy) is 1. The van der Waals surface area contributed by atoms with Crippen LogP contribution in [0.2, 0.25) is 0 Å². The van der Waals surface area contributed by atoms with Gasteiger partial charge in [0.05, 0.1) is 12.7 Å². The molecule has 2 aromatic rings. The van der Waals surface area contributed by atoms with Crippen LogP contribution in [-0.4, -0.2) is 25.2 Å². The lowest BCUT2D eigenvalue weighted by Gasteiger charge is -2.07. The average Bonchev–Trinajstić information content (AvgIpc) is 2.86. The molecule has 1 N–H and O–H groups in total. The summed E-state index contributed by atoms with van der Waals surface area (Å²) >= 11 is 1.73. The SMILES string of the molecule is CNC(C)Cc1cnc(-c2ccccc2OC)s1. The highest BCUT2D eigenvalue weighted by Gasteiger charge is 2.10. The Kier molecular flexibility index (Phi) is 4.33. The zero-order valence-electron chi connectivity index (χ0n) is 10.9. The maximum Gasteiger partial charge on any atom is 0.129 e. The summed E-state index contributed by atoms with van der Waals surface area (Å²) in [4.78, 5) is 5.78. The summed E-state index contributed by atoms with van der Waals surface area (Å²) < 4.78 is 5.37. The second-order valence-corrected chi connectivity index (χ2v) is 5.34. The van der Waals surface area contributed by atoms with Crippen molar-refractivity contribution in [3.05, 3.63) is 35.3 Å². The first-order valence-electron chi connectivity index (χ1n) is 6.00. The molecule has 18 heavy (non-hydrogen) atoms. The number of thiazole rings is 1. The van der Waals surface area contributed by atoms with Gasteiger partial charge in [-0.25, -0.2) is 4.98 Å². The largest absolute Gasteiger partial charge is 0.496 e. The van der Waals surface area contributed by atoms with Crippen molar-refractivity contribution >= 4 is 11.3 Å². The van der Waals surface area contributed by atoms with Gasteiger partial charge in [0.25, 0.3) is 0 Å². The normalized spacial score (nSPS) is 12.4. The summed E-state index contributed by atoms with van der Waals surface area (Å²) in [5, 5.41) is 4.26. The summed E-state index contributed by atoms with van der Waals surface area (Å²) in [5.74, 6) is 0.875. The van der Waals surface area contributed by atoms with Gasteiger partial charge < -0.3 is 10.1 Å². The lowest BCUT2D eigenvalue weighted by molar-refractivity contribution is 0.416. The highest BCUT2D eigenvalue weighted by atomic mass is 32.1. The lowest BCUT2D eigenvalue weighted by atomic mass is 10.2. The van der Waals surface area contributed by atoms with Crippen LogP contribution in [0, 0.1) is 0 Å². The van der Waals surface area contributed by atoms with E-state index in [0.29, 0.717) is 6.04 Å². The van der Waals surface area contributed by atoms with E-state index >= 15 is 0 Å². The summed E-state index contributed by atoms with van der Waals surface area (Å²) in [6.07, 6.45) is 2.96. The lowest BCUT2D eigenvalue weighted by Crippen LogP contribution is -2.22. The van der Waals surface area contributed by atoms with E-state index in [1.165, 1.54) is 4.88 Å². The molecular formula is C14H18N2OS. The number of nitrogens with zero attached hydrogens (tertiary/aromatic N) is 1. The second kappa shape index (κ2) is 5.98. The highest BCUT2D eigenvalue weighted by Crippen LogP contribution is 2.32. The third-order valence-corrected chi connectivity index (χ3v) is 3.94. The summed E-state index contributed by atoms with van der Waals surface area (Å²) in [5.41, 5.74) is 1.06. The predicted octanol–water partition coefficient (Wildman–Crippen LogP) is 2.97. The topological polar surface area (TPSA) is 34.2 Å². The van der Waals surface area contributed by atoms with Gasteiger partial charge in [-0.1, -0.05) is 12.1 Å². The van der Waals surface area contributed by atoms with Crippen molar-refractivity contribution in [3.63, 3.8) is 0 Å². The Labute approximate surface area is 112 Å². The van der Waals surface area contributed by atoms with Crippen LogP contribution < -0.4 is 10.1 Å². The molecule has 0 radical (unpaired) electrons. The average molecular weight is 262 g/mol. The number of para-hydroxylation sites is 1. The number of hydrogen-bond donors (Lipinski definition) is 1. The van der Waals surface area contributed by atoms with Gasteiger partial charge in [0, 0.05) is 17.1 Å². The van der Waals surface area contributed by atoms with Crippen molar-refractivity contribution in [1.82, 2.24) is 10.3 Å². The van der Waals surface area contributed by atoms with Crippen molar-refractivity contribution in [2.24, 2.45) is 0 Å². The zero-order valence-corrected chi connectivity index (χ0v) is 11.8. The maximum atomic E-state index is 5.37. The first kappa shape index (κ1) is 13.1. The summed E-state index contributed by atoms with van der Waals surface area (Å²) in [6, 6.07) is 8.46. The Morgan fingerprint density at radius 2 is 2.17 bits per heavy atom. The highest BCUT2D eigenvalue weighted by molar-refractivity contribution is 7.15. The van der Waals surface area contributed by atoms with E-state index < -0.39 is 0 Å². The van der Waals surface area contributed by atoms with Gasteiger partial charge in [-0.15, -0.1) is 11.3 Å². The van der Waals surface area contributed by atoms with Crippen LogP contribution in [0.15, 0.2) is 30.5 Å². The predicted molar refractivity (Wildman–Crippen MR) is 76.3 cm³/mol. The fourth-order valence-electron chi connectivity index (χ4n) is 1.75. The number of nitrogens with one attached hydrogen (secondary N) is 1. The van der Waals surface area contributed by atoms with E-state index in [-0.39, 0.29) is 0 Å². The molecule has 1 aromatic heterocycles. The quantitative estimate of drug-likeness (QED) is 0.899. The van der Waals surface area contributed by atoms with Crippen LogP contribution in [0.5, 0.6) is 5.75 Å². The zero-order chi connectivity index (χ0) is 13.0. The third kappa shape index (κ3) is 2.89. The van der Waals surface area contributed by atoms with E-state index in [9.17, 15) is 0 Å². The van der Waals surface area contributed by atoms with Gasteiger partial charge in [0.1, 0.15) is 10.8 Å². The Balaban J connectivity index is 2.24. The van der Waals surface area contributed by atoms with Crippen LogP contribution in [0.4, 0.5) is 0 Å². The van der Waals surface area contributed by atoms with Crippen LogP contribution in [0.25, 0.3) is 10.6 Å². The van der Waals surface area contributed by atoms with Gasteiger partial charge in [-0.05, 0) is 32.5 Å². The van der Waals surface area contributed by atoms with E-state index in [4.69, 9.17) is 4.74 Å². The standard InChI is InChI=1S/C14H18N2OS/c1-10(15-2)8-11-9-16-14(18-11)12-6-4-5-7-13(12)17-3/h4-7,9-10,15H,8H2,1-3H3. The first-order valence-corrected chi connectivity index (χ1v) is 6.81. The molecule has 3 nitrogen and oxygen atoms in total. The first-order chi connectivity index (χ1) is 8.74. The minimum Gasteiger partial charge on any atom is -0.496 e. The van der Waals surface area contributed by atoms with E-state index in [1.807, 2.05) is 37.5 Å². The van der Waals surface area contributed by atoms with Crippen molar-refractivity contribution < 1.29 is 4.74 Å². The number of likely N-dealkylation sites (N-methyl/N-ethyl adjacent to an activating group) is 1. The molecule has 0 fully saturated rings. The second-order valence-electron chi connectivity index (χ2n) is 4.23. The van der Waals surface area contributed by atoms with E-state index in [1.54, 1.807) is 18.4 Å². The fraction of sp³-hybridized carbons (Fsp3) is 0.357. The molecule has 0 aliphatic heterocycles. The molecule has 2 rings (SSSR count). The molecule has 0 saturated heterocycles. The van der Waals surface area contributed by atoms with Gasteiger partial charge in [0.2, 0.25) is 0 Å². The fourth-order valence-corrected chi connectivity index (χ4v) is 2.82. The molecule has 1 unspecified atom stereocenters. The Morgan fingerprint density at radius 3 is 2.89 bits per heavy atom. The molecule has 1 atom stereocenters. The molecule has 1 heterocycles. The Hall–Kier alpha value is -1.39. The van der Waals surface area contributed by atoms with Crippen LogP contribution in [0.1, 0.15) is 11.8 Å². The Bertz CT molecular complexity index is 510. The molecule has 0 bridgehead atoms. The van der Waals surface area contributed by atoms with Crippen molar-refractivity contribution in [2.45, 2.75) is 19.4 Å². The Morgan fingerprint density at radius 1 is 1.39 bits per heavy atom. The summed E-state index contributed by atoms with van der Waals surface area (Å²) in [6.45, 7) is 2.17. The molecule has 96 valence electrons. The number of aromatic nitrogens is 1. The van der Waals surface area contributed by atoms with Gasteiger partial charge in [0.15, 0.2) is 0 Å². The van der Waals surface area contributed by atoms with Crippen molar-refractivity contribution in [1.29, 1.82) is 0 Å². The molecule has 0 aliphatic carbocycles. The molecule has 0 amide bonds. The molecule has 4 heteroatoms. The molecule has 0 saturated carbocycles. The number of rotatable bonds is 5. The third-order valence-electron chi connectivity index (χ3n) is 2.89. The van der Waals surface area contributed by atoms with Crippen LogP contribution in [0.3, 0.4) is 0 Å². The minimum atomic E-state index is 0.468. The molecular weight excluding hydrogens is 244 g/mol. The number of hydrogen-bond acceptors (Lipinski definition) is 4. The van der Waals surface area contributed by atoms with Crippen LogP contribution >= 0.6 is 11.3 Å².